The summed E-state index contributed by atoms with van der Waals surface area (Å²) in [4.78, 5) is 17.5. The number of piperidine rings is 1. The Labute approximate surface area is 245 Å². The van der Waals surface area contributed by atoms with Gasteiger partial charge in [-0.25, -0.2) is 4.98 Å². The molecule has 5 aromatic rings. The van der Waals surface area contributed by atoms with Gasteiger partial charge in [-0.15, -0.1) is 0 Å². The third-order valence-corrected chi connectivity index (χ3v) is 7.45. The van der Waals surface area contributed by atoms with Crippen molar-refractivity contribution >= 4 is 28.6 Å². The summed E-state index contributed by atoms with van der Waals surface area (Å²) in [5, 5.41) is 13.9. The van der Waals surface area contributed by atoms with Gasteiger partial charge in [0.25, 0.3) is 5.91 Å². The van der Waals surface area contributed by atoms with Gasteiger partial charge in [0, 0.05) is 29.2 Å². The highest BCUT2D eigenvalue weighted by atomic mass is 19.4. The van der Waals surface area contributed by atoms with Crippen LogP contribution in [0.4, 0.5) is 30.2 Å². The van der Waals surface area contributed by atoms with Crippen LogP contribution in [0.3, 0.4) is 0 Å². The highest BCUT2D eigenvalue weighted by Crippen LogP contribution is 2.31. The number of halogens is 3. The fourth-order valence-electron chi connectivity index (χ4n) is 5.15. The molecule has 218 valence electrons. The Morgan fingerprint density at radius 1 is 1.02 bits per heavy atom. The Kier molecular flexibility index (Phi) is 7.61. The lowest BCUT2D eigenvalue weighted by molar-refractivity contribution is -0.137. The minimum atomic E-state index is -4.50. The van der Waals surface area contributed by atoms with Crippen molar-refractivity contribution in [3.8, 4) is 11.8 Å². The number of imidazole rings is 1. The minimum Gasteiger partial charge on any atom is -0.350 e. The quantitative estimate of drug-likeness (QED) is 0.215. The van der Waals surface area contributed by atoms with Crippen LogP contribution in [-0.2, 0) is 6.18 Å². The first-order valence-corrected chi connectivity index (χ1v) is 13.8. The van der Waals surface area contributed by atoms with Crippen molar-refractivity contribution in [3.63, 3.8) is 0 Å². The number of carbonyl (C=O) groups is 1. The van der Waals surface area contributed by atoms with E-state index in [-0.39, 0.29) is 5.69 Å². The smallest absolute Gasteiger partial charge is 0.350 e. The van der Waals surface area contributed by atoms with E-state index in [9.17, 15) is 18.0 Å². The van der Waals surface area contributed by atoms with Gasteiger partial charge in [-0.1, -0.05) is 18.1 Å². The topological polar surface area (TPSA) is 88.3 Å². The third kappa shape index (κ3) is 6.10. The number of pyridine rings is 1. The summed E-state index contributed by atoms with van der Waals surface area (Å²) < 4.78 is 43.2. The molecule has 0 bridgehead atoms. The zero-order chi connectivity index (χ0) is 30.0. The van der Waals surface area contributed by atoms with Gasteiger partial charge in [-0.05, 0) is 86.8 Å². The highest BCUT2D eigenvalue weighted by Gasteiger charge is 2.30. The molecule has 8 nitrogen and oxygen atoms in total. The Morgan fingerprint density at radius 2 is 1.84 bits per heavy atom. The average molecular weight is 584 g/mol. The molecule has 1 aliphatic rings. The molecule has 4 heterocycles. The molecule has 0 radical (unpaired) electrons. The Hall–Kier alpha value is -5.08. The number of benzene rings is 2. The highest BCUT2D eigenvalue weighted by molar-refractivity contribution is 6.05. The maximum atomic E-state index is 13.1. The van der Waals surface area contributed by atoms with E-state index in [4.69, 9.17) is 0 Å². The number of aromatic nitrogens is 4. The fourth-order valence-corrected chi connectivity index (χ4v) is 5.15. The molecular formula is C32H28F3N7O. The van der Waals surface area contributed by atoms with E-state index in [1.165, 1.54) is 12.1 Å². The molecule has 43 heavy (non-hydrogen) atoms. The van der Waals surface area contributed by atoms with Crippen molar-refractivity contribution in [2.45, 2.75) is 32.0 Å². The molecule has 0 unspecified atom stereocenters. The number of hydrogen-bond acceptors (Lipinski definition) is 5. The summed E-state index contributed by atoms with van der Waals surface area (Å²) in [7, 11) is 0. The molecular weight excluding hydrogens is 555 g/mol. The summed E-state index contributed by atoms with van der Waals surface area (Å²) >= 11 is 0. The summed E-state index contributed by atoms with van der Waals surface area (Å²) in [6.45, 7) is 3.73. The number of nitrogens with one attached hydrogen (secondary N) is 3. The number of carbonyl (C=O) groups excluding carboxylic acids is 1. The van der Waals surface area contributed by atoms with Crippen LogP contribution < -0.4 is 16.0 Å². The van der Waals surface area contributed by atoms with E-state index < -0.39 is 17.6 Å². The number of anilines is 3. The largest absolute Gasteiger partial charge is 0.416 e. The molecule has 0 saturated carbocycles. The van der Waals surface area contributed by atoms with Crippen molar-refractivity contribution in [2.75, 3.05) is 23.7 Å². The fraction of sp³-hybridized carbons (Fsp3) is 0.219. The van der Waals surface area contributed by atoms with Gasteiger partial charge in [0.2, 0.25) is 0 Å². The predicted octanol–water partition coefficient (Wildman–Crippen LogP) is 6.18. The molecule has 1 saturated heterocycles. The van der Waals surface area contributed by atoms with E-state index in [2.05, 4.69) is 37.9 Å². The molecule has 3 aromatic heterocycles. The second-order valence-corrected chi connectivity index (χ2v) is 10.3. The lowest BCUT2D eigenvalue weighted by atomic mass is 10.0. The monoisotopic (exact) mass is 583 g/mol. The number of fused-ring (bicyclic) bond motifs is 1. The maximum absolute atomic E-state index is 13.1. The number of hydrogen-bond donors (Lipinski definition) is 3. The molecule has 11 heteroatoms. The van der Waals surface area contributed by atoms with Crippen LogP contribution in [0, 0.1) is 18.8 Å². The first-order valence-electron chi connectivity index (χ1n) is 13.8. The Bertz CT molecular complexity index is 1860. The molecule has 1 aliphatic heterocycles. The number of nitrogens with zero attached hydrogens (tertiary/aromatic N) is 4. The molecule has 1 amide bonds. The lowest BCUT2D eigenvalue weighted by Crippen LogP contribution is -2.29. The first-order chi connectivity index (χ1) is 20.8. The van der Waals surface area contributed by atoms with Crippen LogP contribution >= 0.6 is 0 Å². The van der Waals surface area contributed by atoms with Gasteiger partial charge in [0.15, 0.2) is 5.65 Å². The van der Waals surface area contributed by atoms with Crippen LogP contribution in [0.15, 0.2) is 79.4 Å². The number of alkyl halides is 3. The van der Waals surface area contributed by atoms with E-state index in [1.807, 2.05) is 39.8 Å². The summed E-state index contributed by atoms with van der Waals surface area (Å²) in [6, 6.07) is 13.9. The summed E-state index contributed by atoms with van der Waals surface area (Å²) in [6.07, 6.45) is 4.98. The first kappa shape index (κ1) is 28.1. The van der Waals surface area contributed by atoms with Crippen LogP contribution in [0.5, 0.6) is 0 Å². The average Bonchev–Trinajstić information content (AvgIpc) is 3.65. The van der Waals surface area contributed by atoms with E-state index >= 15 is 0 Å². The summed E-state index contributed by atoms with van der Waals surface area (Å²) in [5.41, 5.74) is 3.81. The van der Waals surface area contributed by atoms with Crippen molar-refractivity contribution in [1.29, 1.82) is 0 Å². The predicted molar refractivity (Wildman–Crippen MR) is 158 cm³/mol. The normalized spacial score (nSPS) is 13.9. The molecule has 0 spiro atoms. The zero-order valence-electron chi connectivity index (χ0n) is 23.2. The minimum absolute atomic E-state index is 0.0597. The van der Waals surface area contributed by atoms with E-state index in [0.29, 0.717) is 34.1 Å². The molecule has 2 aromatic carbocycles. The van der Waals surface area contributed by atoms with Crippen LogP contribution in [0.1, 0.15) is 51.6 Å². The van der Waals surface area contributed by atoms with Gasteiger partial charge >= 0.3 is 6.18 Å². The van der Waals surface area contributed by atoms with Gasteiger partial charge in [0.1, 0.15) is 5.69 Å². The molecule has 1 fully saturated rings. The Balaban J connectivity index is 1.21. The standard InChI is InChI=1S/C32H28F3N7O/c1-21-22(5-2-8-28(21)31(43)40-24-7-3-6-23(17-24)32(33,34)35)10-11-27-19-37-30-29(9-4-16-41(27)30)39-25-18-38-42(20-25)26-12-14-36-15-13-26/h2-9,16-20,26,36,39H,12-15H2,1H3,(H,40,43). The van der Waals surface area contributed by atoms with Crippen LogP contribution in [-0.4, -0.2) is 38.2 Å². The second-order valence-electron chi connectivity index (χ2n) is 10.3. The molecule has 0 atom stereocenters. The van der Waals surface area contributed by atoms with E-state index in [1.54, 1.807) is 31.3 Å². The van der Waals surface area contributed by atoms with Crippen molar-refractivity contribution in [1.82, 2.24) is 24.5 Å². The van der Waals surface area contributed by atoms with Gasteiger partial charge < -0.3 is 16.0 Å². The van der Waals surface area contributed by atoms with E-state index in [0.717, 1.165) is 49.4 Å². The molecule has 6 rings (SSSR count). The molecule has 3 N–H and O–H groups in total. The number of rotatable bonds is 5. The third-order valence-electron chi connectivity index (χ3n) is 7.45. The zero-order valence-corrected chi connectivity index (χ0v) is 23.2. The van der Waals surface area contributed by atoms with Crippen molar-refractivity contribution in [2.24, 2.45) is 0 Å². The van der Waals surface area contributed by atoms with Crippen molar-refractivity contribution in [3.05, 3.63) is 107 Å². The van der Waals surface area contributed by atoms with Gasteiger partial charge in [0.05, 0.1) is 35.4 Å². The van der Waals surface area contributed by atoms with Crippen LogP contribution in [0.2, 0.25) is 0 Å². The van der Waals surface area contributed by atoms with Gasteiger partial charge in [-0.3, -0.25) is 13.9 Å². The lowest BCUT2D eigenvalue weighted by Gasteiger charge is -2.22. The van der Waals surface area contributed by atoms with Crippen LogP contribution in [0.25, 0.3) is 5.65 Å². The summed E-state index contributed by atoms with van der Waals surface area (Å²) in [5.74, 6) is 5.75. The van der Waals surface area contributed by atoms with Gasteiger partial charge in [-0.2, -0.15) is 18.3 Å². The SMILES string of the molecule is Cc1c(C#Cc2cnc3c(Nc4cnn(C5CCNCC5)c4)cccn23)cccc1C(=O)Nc1cccc(C(F)(F)F)c1. The number of amides is 1. The maximum Gasteiger partial charge on any atom is 0.416 e. The second kappa shape index (κ2) is 11.7. The Morgan fingerprint density at radius 3 is 2.65 bits per heavy atom. The van der Waals surface area contributed by atoms with Crippen molar-refractivity contribution < 1.29 is 18.0 Å². The molecule has 0 aliphatic carbocycles.